The van der Waals surface area contributed by atoms with Crippen LogP contribution in [0.15, 0.2) is 28.9 Å². The average molecular weight is 330 g/mol. The second-order valence-corrected chi connectivity index (χ2v) is 5.09. The first kappa shape index (κ1) is 13.1. The van der Waals surface area contributed by atoms with E-state index in [4.69, 9.17) is 16.3 Å². The molecule has 1 aromatic heterocycles. The minimum Gasteiger partial charge on any atom is -0.407 e. The van der Waals surface area contributed by atoms with Gasteiger partial charge in [-0.1, -0.05) is 11.6 Å². The van der Waals surface area contributed by atoms with Gasteiger partial charge in [0.1, 0.15) is 5.52 Å². The molecule has 1 heterocycles. The molecule has 1 amide bonds. The highest BCUT2D eigenvalue weighted by Gasteiger charge is 2.16. The number of halogens is 2. The molecule has 6 heteroatoms. The van der Waals surface area contributed by atoms with Gasteiger partial charge >= 0.3 is 6.09 Å². The fourth-order valence-corrected chi connectivity index (χ4v) is 2.31. The first-order valence-corrected chi connectivity index (χ1v) is 6.29. The minimum absolute atomic E-state index is 0.369. The number of benzene rings is 1. The van der Waals surface area contributed by atoms with Gasteiger partial charge in [0.25, 0.3) is 0 Å². The van der Waals surface area contributed by atoms with Gasteiger partial charge in [-0.3, -0.25) is 4.98 Å². The quantitative estimate of drug-likeness (QED) is 0.801. The molecule has 94 valence electrons. The zero-order chi connectivity index (χ0) is 13.3. The number of ether oxygens (including phenoxy) is 1. The van der Waals surface area contributed by atoms with Gasteiger partial charge in [-0.25, -0.2) is 4.79 Å². The molecule has 0 aliphatic heterocycles. The fourth-order valence-electron chi connectivity index (χ4n) is 1.42. The van der Waals surface area contributed by atoms with E-state index < -0.39 is 6.09 Å². The van der Waals surface area contributed by atoms with Crippen LogP contribution in [-0.2, 0) is 0 Å². The van der Waals surface area contributed by atoms with Crippen LogP contribution < -0.4 is 4.74 Å². The molecule has 0 radical (unpaired) electrons. The van der Waals surface area contributed by atoms with Gasteiger partial charge in [-0.05, 0) is 34.1 Å². The predicted octanol–water partition coefficient (Wildman–Crippen LogP) is 3.71. The molecule has 0 atom stereocenters. The molecule has 2 rings (SSSR count). The van der Waals surface area contributed by atoms with Crippen molar-refractivity contribution in [3.63, 3.8) is 0 Å². The highest BCUT2D eigenvalue weighted by atomic mass is 79.9. The number of carbonyl (C=O) groups is 1. The number of fused-ring (bicyclic) bond motifs is 1. The Hall–Kier alpha value is -1.33. The third-order valence-corrected chi connectivity index (χ3v) is 3.21. The van der Waals surface area contributed by atoms with Gasteiger partial charge in [0.15, 0.2) is 5.75 Å². The summed E-state index contributed by atoms with van der Waals surface area (Å²) in [6.07, 6.45) is 1.16. The topological polar surface area (TPSA) is 42.4 Å². The summed E-state index contributed by atoms with van der Waals surface area (Å²) in [6, 6.07) is 5.29. The first-order chi connectivity index (χ1) is 8.50. The van der Waals surface area contributed by atoms with E-state index >= 15 is 0 Å². The highest BCUT2D eigenvalue weighted by molar-refractivity contribution is 9.10. The maximum absolute atomic E-state index is 11.6. The molecule has 0 bridgehead atoms. The number of rotatable bonds is 1. The summed E-state index contributed by atoms with van der Waals surface area (Å²) >= 11 is 9.44. The number of aromatic nitrogens is 1. The number of nitrogens with zero attached hydrogens (tertiary/aromatic N) is 2. The summed E-state index contributed by atoms with van der Waals surface area (Å²) in [5, 5.41) is 1.29. The summed E-state index contributed by atoms with van der Waals surface area (Å²) in [5.41, 5.74) is 0.548. The maximum Gasteiger partial charge on any atom is 0.414 e. The van der Waals surface area contributed by atoms with E-state index in [0.29, 0.717) is 20.8 Å². The van der Waals surface area contributed by atoms with E-state index in [2.05, 4.69) is 20.9 Å². The number of carbonyl (C=O) groups excluding carboxylic acids is 1. The van der Waals surface area contributed by atoms with Crippen LogP contribution >= 0.6 is 27.5 Å². The molecule has 0 unspecified atom stereocenters. The van der Waals surface area contributed by atoms with Crippen molar-refractivity contribution in [2.75, 3.05) is 14.1 Å². The van der Waals surface area contributed by atoms with E-state index in [0.717, 1.165) is 5.39 Å². The lowest BCUT2D eigenvalue weighted by molar-refractivity contribution is 0.172. The van der Waals surface area contributed by atoms with Crippen molar-refractivity contribution in [3.05, 3.63) is 33.9 Å². The molecule has 18 heavy (non-hydrogen) atoms. The molecule has 0 saturated carbocycles. The Kier molecular flexibility index (Phi) is 3.73. The maximum atomic E-state index is 11.6. The van der Waals surface area contributed by atoms with Crippen LogP contribution in [0.5, 0.6) is 5.75 Å². The van der Waals surface area contributed by atoms with Crippen molar-refractivity contribution in [2.24, 2.45) is 0 Å². The smallest absolute Gasteiger partial charge is 0.407 e. The molecule has 2 aromatic rings. The number of pyridine rings is 1. The Morgan fingerprint density at radius 3 is 2.89 bits per heavy atom. The van der Waals surface area contributed by atoms with Gasteiger partial charge in [-0.2, -0.15) is 0 Å². The van der Waals surface area contributed by atoms with Crippen LogP contribution in [0, 0.1) is 0 Å². The Balaban J connectivity index is 2.59. The molecular weight excluding hydrogens is 320 g/mol. The van der Waals surface area contributed by atoms with Crippen molar-refractivity contribution in [3.8, 4) is 5.75 Å². The Bertz CT molecular complexity index is 616. The Morgan fingerprint density at radius 1 is 1.50 bits per heavy atom. The SMILES string of the molecule is CN(C)C(=O)Oc1c(Br)cc(Cl)c2cccnc12. The van der Waals surface area contributed by atoms with Gasteiger partial charge in [0.2, 0.25) is 0 Å². The van der Waals surface area contributed by atoms with Crippen LogP contribution in [0.2, 0.25) is 5.02 Å². The number of hydrogen-bond donors (Lipinski definition) is 0. The second-order valence-electron chi connectivity index (χ2n) is 3.83. The average Bonchev–Trinajstić information content (AvgIpc) is 2.34. The Labute approximate surface area is 118 Å². The molecule has 0 N–H and O–H groups in total. The third-order valence-electron chi connectivity index (χ3n) is 2.30. The van der Waals surface area contributed by atoms with Crippen molar-refractivity contribution >= 4 is 44.5 Å². The van der Waals surface area contributed by atoms with Crippen molar-refractivity contribution in [1.82, 2.24) is 9.88 Å². The van der Waals surface area contributed by atoms with Crippen LogP contribution in [0.1, 0.15) is 0 Å². The highest BCUT2D eigenvalue weighted by Crippen LogP contribution is 2.37. The number of amides is 1. The first-order valence-electron chi connectivity index (χ1n) is 5.12. The molecule has 0 aliphatic rings. The zero-order valence-corrected chi connectivity index (χ0v) is 12.1. The standard InChI is InChI=1S/C12H10BrClN2O2/c1-16(2)12(17)18-11-8(13)6-9(14)7-4-3-5-15-10(7)11/h3-6H,1-2H3. The van der Waals surface area contributed by atoms with Gasteiger partial charge < -0.3 is 9.64 Å². The van der Waals surface area contributed by atoms with Gasteiger partial charge in [-0.15, -0.1) is 0 Å². The van der Waals surface area contributed by atoms with Crippen LogP contribution in [0.25, 0.3) is 10.9 Å². The monoisotopic (exact) mass is 328 g/mol. The van der Waals surface area contributed by atoms with E-state index in [1.807, 2.05) is 6.07 Å². The molecule has 0 spiro atoms. The van der Waals surface area contributed by atoms with E-state index in [-0.39, 0.29) is 0 Å². The molecule has 0 fully saturated rings. The second kappa shape index (κ2) is 5.12. The number of hydrogen-bond acceptors (Lipinski definition) is 3. The lowest BCUT2D eigenvalue weighted by Crippen LogP contribution is -2.25. The van der Waals surface area contributed by atoms with Crippen molar-refractivity contribution in [2.45, 2.75) is 0 Å². The molecule has 0 aliphatic carbocycles. The summed E-state index contributed by atoms with van der Waals surface area (Å²) in [4.78, 5) is 17.2. The molecule has 4 nitrogen and oxygen atoms in total. The van der Waals surface area contributed by atoms with Crippen LogP contribution in [0.4, 0.5) is 4.79 Å². The van der Waals surface area contributed by atoms with Crippen LogP contribution in [0.3, 0.4) is 0 Å². The fraction of sp³-hybridized carbons (Fsp3) is 0.167. The molecule has 1 aromatic carbocycles. The lowest BCUT2D eigenvalue weighted by Gasteiger charge is -2.13. The van der Waals surface area contributed by atoms with Crippen LogP contribution in [-0.4, -0.2) is 30.1 Å². The van der Waals surface area contributed by atoms with E-state index in [9.17, 15) is 4.79 Å². The van der Waals surface area contributed by atoms with Gasteiger partial charge in [0, 0.05) is 25.7 Å². The lowest BCUT2D eigenvalue weighted by atomic mass is 10.2. The molecule has 0 saturated heterocycles. The summed E-state index contributed by atoms with van der Waals surface area (Å²) < 4.78 is 5.89. The summed E-state index contributed by atoms with van der Waals surface area (Å²) in [7, 11) is 3.23. The van der Waals surface area contributed by atoms with Crippen molar-refractivity contribution in [1.29, 1.82) is 0 Å². The summed E-state index contributed by atoms with van der Waals surface area (Å²) in [6.45, 7) is 0. The van der Waals surface area contributed by atoms with Crippen molar-refractivity contribution < 1.29 is 9.53 Å². The summed E-state index contributed by atoms with van der Waals surface area (Å²) in [5.74, 6) is 0.369. The minimum atomic E-state index is -0.468. The third kappa shape index (κ3) is 2.42. The van der Waals surface area contributed by atoms with Gasteiger partial charge in [0.05, 0.1) is 9.50 Å². The largest absolute Gasteiger partial charge is 0.414 e. The zero-order valence-electron chi connectivity index (χ0n) is 9.78. The normalized spacial score (nSPS) is 10.4. The van der Waals surface area contributed by atoms with E-state index in [1.165, 1.54) is 4.90 Å². The molecular formula is C12H10BrClN2O2. The Morgan fingerprint density at radius 2 is 2.22 bits per heavy atom. The predicted molar refractivity (Wildman–Crippen MR) is 74.2 cm³/mol. The van der Waals surface area contributed by atoms with E-state index in [1.54, 1.807) is 32.4 Å².